The van der Waals surface area contributed by atoms with Crippen LogP contribution < -0.4 is 19.6 Å². The van der Waals surface area contributed by atoms with Crippen molar-refractivity contribution in [3.8, 4) is 17.2 Å². The van der Waals surface area contributed by atoms with Crippen LogP contribution in [-0.4, -0.2) is 35.9 Å². The van der Waals surface area contributed by atoms with E-state index in [0.717, 1.165) is 40.6 Å². The number of thiazole rings is 1. The number of hydrogen-bond donors (Lipinski definition) is 1. The van der Waals surface area contributed by atoms with E-state index in [4.69, 9.17) is 18.9 Å². The Labute approximate surface area is 320 Å². The highest BCUT2D eigenvalue weighted by Crippen LogP contribution is 2.39. The van der Waals surface area contributed by atoms with Crippen LogP contribution in [0.25, 0.3) is 10.2 Å². The van der Waals surface area contributed by atoms with Crippen molar-refractivity contribution in [2.24, 2.45) is 22.9 Å². The molecule has 0 spiro atoms. The predicted octanol–water partition coefficient (Wildman–Crippen LogP) is 9.98. The standard InChI is InChI=1S/C43H49N3O7S/c1-3-5-6-9-29-12-14-30(15-13-29)33-20-25-38(34(26-33)27-44-46-43-45-37-10-7-8-11-39(37)54-43)53-42(49)32-18-16-31(17-19-32)41(48)52-36-23-21-35(22-24-36)50-28-51-40(47)4-2/h4,7-8,10-11,20-27,29-32H,2-3,5-6,9,12-19,28H2,1H3,(H,45,46)/b44-27+. The zero-order valence-electron chi connectivity index (χ0n) is 30.9. The van der Waals surface area contributed by atoms with Crippen LogP contribution in [0.5, 0.6) is 17.2 Å². The second-order valence-corrected chi connectivity index (χ2v) is 15.2. The fourth-order valence-electron chi connectivity index (χ4n) is 7.33. The molecule has 10 nitrogen and oxygen atoms in total. The first-order valence-electron chi connectivity index (χ1n) is 19.1. The lowest BCUT2D eigenvalue weighted by molar-refractivity contribution is -0.145. The topological polar surface area (TPSA) is 125 Å². The van der Waals surface area contributed by atoms with Gasteiger partial charge >= 0.3 is 17.9 Å². The zero-order valence-corrected chi connectivity index (χ0v) is 31.7. The fraction of sp³-hybridized carbons (Fsp3) is 0.419. The Kier molecular flexibility index (Phi) is 13.9. The molecule has 0 aliphatic heterocycles. The van der Waals surface area contributed by atoms with Gasteiger partial charge in [0.2, 0.25) is 11.9 Å². The van der Waals surface area contributed by atoms with Crippen molar-refractivity contribution in [1.29, 1.82) is 0 Å². The number of carbonyl (C=O) groups is 3. The highest BCUT2D eigenvalue weighted by atomic mass is 32.1. The monoisotopic (exact) mass is 751 g/mol. The van der Waals surface area contributed by atoms with E-state index in [1.807, 2.05) is 30.3 Å². The van der Waals surface area contributed by atoms with Gasteiger partial charge in [0.25, 0.3) is 0 Å². The minimum absolute atomic E-state index is 0.252. The number of para-hydroxylation sites is 1. The smallest absolute Gasteiger partial charge is 0.333 e. The molecule has 0 unspecified atom stereocenters. The third-order valence-electron chi connectivity index (χ3n) is 10.5. The van der Waals surface area contributed by atoms with Crippen molar-refractivity contribution < 1.29 is 33.3 Å². The van der Waals surface area contributed by atoms with Gasteiger partial charge in [-0.25, -0.2) is 9.78 Å². The summed E-state index contributed by atoms with van der Waals surface area (Å²) in [6.07, 6.45) is 14.9. The normalized spacial score (nSPS) is 19.9. The van der Waals surface area contributed by atoms with E-state index in [0.29, 0.717) is 54.0 Å². The average molecular weight is 752 g/mol. The Morgan fingerprint density at radius 2 is 1.57 bits per heavy atom. The van der Waals surface area contributed by atoms with Crippen molar-refractivity contribution in [3.63, 3.8) is 0 Å². The Morgan fingerprint density at radius 3 is 2.28 bits per heavy atom. The summed E-state index contributed by atoms with van der Waals surface area (Å²) in [7, 11) is 0. The average Bonchev–Trinajstić information content (AvgIpc) is 3.62. The molecule has 0 radical (unpaired) electrons. The first-order valence-corrected chi connectivity index (χ1v) is 19.9. The predicted molar refractivity (Wildman–Crippen MR) is 211 cm³/mol. The Morgan fingerprint density at radius 1 is 0.870 bits per heavy atom. The molecule has 2 saturated carbocycles. The Hall–Kier alpha value is -5.03. The summed E-state index contributed by atoms with van der Waals surface area (Å²) in [5.74, 6) is 0.740. The molecule has 6 rings (SSSR count). The summed E-state index contributed by atoms with van der Waals surface area (Å²) >= 11 is 1.53. The SMILES string of the molecule is C=CC(=O)OCOc1ccc(OC(=O)C2CCC(C(=O)Oc3ccc(C4CCC(CCCCC)CC4)cc3/C=N/Nc3nc4ccccc4s3)CC2)cc1. The molecule has 0 bridgehead atoms. The van der Waals surface area contributed by atoms with Gasteiger partial charge in [-0.1, -0.05) is 68.7 Å². The molecule has 0 atom stereocenters. The van der Waals surface area contributed by atoms with E-state index in [-0.39, 0.29) is 30.6 Å². The number of unbranched alkanes of at least 4 members (excludes halogenated alkanes) is 2. The van der Waals surface area contributed by atoms with Gasteiger partial charge in [0.1, 0.15) is 17.2 Å². The highest BCUT2D eigenvalue weighted by molar-refractivity contribution is 7.22. The van der Waals surface area contributed by atoms with Crippen molar-refractivity contribution in [1.82, 2.24) is 4.98 Å². The van der Waals surface area contributed by atoms with E-state index < -0.39 is 5.97 Å². The maximum atomic E-state index is 13.5. The number of benzene rings is 3. The lowest BCUT2D eigenvalue weighted by Gasteiger charge is -2.29. The summed E-state index contributed by atoms with van der Waals surface area (Å²) in [4.78, 5) is 42.3. The molecule has 54 heavy (non-hydrogen) atoms. The molecule has 2 aliphatic carbocycles. The van der Waals surface area contributed by atoms with Gasteiger partial charge in [-0.2, -0.15) is 5.10 Å². The fourth-order valence-corrected chi connectivity index (χ4v) is 8.15. The minimum Gasteiger partial charge on any atom is -0.457 e. The minimum atomic E-state index is -0.581. The third kappa shape index (κ3) is 10.8. The van der Waals surface area contributed by atoms with Crippen LogP contribution in [0.4, 0.5) is 5.13 Å². The maximum Gasteiger partial charge on any atom is 0.333 e. The summed E-state index contributed by atoms with van der Waals surface area (Å²) in [5.41, 5.74) is 5.98. The van der Waals surface area contributed by atoms with Gasteiger partial charge in [0.15, 0.2) is 0 Å². The molecular formula is C43H49N3O7S. The van der Waals surface area contributed by atoms with E-state index in [1.165, 1.54) is 55.4 Å². The number of fused-ring (bicyclic) bond motifs is 1. The Bertz CT molecular complexity index is 1870. The molecule has 2 aliphatic rings. The van der Waals surface area contributed by atoms with Crippen molar-refractivity contribution in [2.75, 3.05) is 12.2 Å². The number of esters is 3. The molecule has 0 amide bonds. The molecule has 11 heteroatoms. The van der Waals surface area contributed by atoms with E-state index in [2.05, 4.69) is 41.1 Å². The molecule has 1 N–H and O–H groups in total. The molecule has 0 saturated heterocycles. The van der Waals surface area contributed by atoms with Gasteiger partial charge in [-0.3, -0.25) is 15.0 Å². The summed E-state index contributed by atoms with van der Waals surface area (Å²) in [6.45, 7) is 5.34. The van der Waals surface area contributed by atoms with Gasteiger partial charge in [0.05, 0.1) is 28.3 Å². The molecule has 4 aromatic rings. The van der Waals surface area contributed by atoms with Gasteiger partial charge in [-0.05, 0) is 117 Å². The summed E-state index contributed by atoms with van der Waals surface area (Å²) in [6, 6.07) is 20.6. The highest BCUT2D eigenvalue weighted by Gasteiger charge is 2.33. The number of rotatable bonds is 16. The maximum absolute atomic E-state index is 13.5. The van der Waals surface area contributed by atoms with Crippen LogP contribution in [0.2, 0.25) is 0 Å². The first-order chi connectivity index (χ1) is 26.4. The van der Waals surface area contributed by atoms with Gasteiger partial charge in [-0.15, -0.1) is 0 Å². The number of anilines is 1. The lowest BCUT2D eigenvalue weighted by atomic mass is 9.77. The van der Waals surface area contributed by atoms with E-state index in [1.54, 1.807) is 30.5 Å². The van der Waals surface area contributed by atoms with Gasteiger partial charge < -0.3 is 18.9 Å². The quantitative estimate of drug-likeness (QED) is 0.0226. The lowest BCUT2D eigenvalue weighted by Crippen LogP contribution is -2.30. The molecule has 1 aromatic heterocycles. The van der Waals surface area contributed by atoms with Crippen LogP contribution in [0.3, 0.4) is 0 Å². The van der Waals surface area contributed by atoms with E-state index in [9.17, 15) is 14.4 Å². The second-order valence-electron chi connectivity index (χ2n) is 14.2. The van der Waals surface area contributed by atoms with Gasteiger partial charge in [0, 0.05) is 11.6 Å². The number of nitrogens with one attached hydrogen (secondary N) is 1. The number of hydrazone groups is 1. The molecule has 3 aromatic carbocycles. The van der Waals surface area contributed by atoms with Crippen LogP contribution in [0, 0.1) is 17.8 Å². The van der Waals surface area contributed by atoms with E-state index >= 15 is 0 Å². The molecule has 2 fully saturated rings. The number of nitrogens with zero attached hydrogens (tertiary/aromatic N) is 2. The molecule has 1 heterocycles. The van der Waals surface area contributed by atoms with Crippen LogP contribution in [-0.2, 0) is 19.1 Å². The largest absolute Gasteiger partial charge is 0.457 e. The second kappa shape index (κ2) is 19.3. The molecular weight excluding hydrogens is 703 g/mol. The third-order valence-corrected chi connectivity index (χ3v) is 11.4. The van der Waals surface area contributed by atoms with Crippen LogP contribution >= 0.6 is 11.3 Å². The number of aromatic nitrogens is 1. The number of ether oxygens (including phenoxy) is 4. The number of carbonyl (C=O) groups excluding carboxylic acids is 3. The molecule has 284 valence electrons. The summed E-state index contributed by atoms with van der Waals surface area (Å²) < 4.78 is 22.9. The van der Waals surface area contributed by atoms with Crippen molar-refractivity contribution >= 4 is 50.8 Å². The first kappa shape index (κ1) is 38.7. The van der Waals surface area contributed by atoms with Crippen molar-refractivity contribution in [3.05, 3.63) is 90.5 Å². The zero-order chi connectivity index (χ0) is 37.7. The summed E-state index contributed by atoms with van der Waals surface area (Å²) in [5, 5.41) is 5.21. The Balaban J connectivity index is 1.05. The van der Waals surface area contributed by atoms with Crippen LogP contribution in [0.1, 0.15) is 101 Å². The van der Waals surface area contributed by atoms with Crippen molar-refractivity contribution in [2.45, 2.75) is 89.9 Å². The van der Waals surface area contributed by atoms with Crippen LogP contribution in [0.15, 0.2) is 84.5 Å². The number of hydrogen-bond acceptors (Lipinski definition) is 11.